The van der Waals surface area contributed by atoms with Gasteiger partial charge in [0.2, 0.25) is 0 Å². The third-order valence-electron chi connectivity index (χ3n) is 3.94. The molecule has 0 radical (unpaired) electrons. The first-order valence-electron chi connectivity index (χ1n) is 8.47. The maximum absolute atomic E-state index is 12.5. The minimum Gasteiger partial charge on any atom is -0.399 e. The Kier molecular flexibility index (Phi) is 5.63. The van der Waals surface area contributed by atoms with Crippen LogP contribution in [0.3, 0.4) is 0 Å². The maximum atomic E-state index is 12.5. The van der Waals surface area contributed by atoms with Crippen molar-refractivity contribution in [3.05, 3.63) is 65.9 Å². The monoisotopic (exact) mass is 368 g/mol. The summed E-state index contributed by atoms with van der Waals surface area (Å²) in [5.74, 6) is 0.686. The molecule has 26 heavy (non-hydrogen) atoms. The second-order valence-electron chi connectivity index (χ2n) is 5.99. The number of halogens is 1. The second kappa shape index (κ2) is 8.10. The van der Waals surface area contributed by atoms with Gasteiger partial charge in [0.05, 0.1) is 15.1 Å². The molecule has 0 fully saturated rings. The number of nitrogens with two attached hydrogens (primary N) is 1. The molecule has 0 spiro atoms. The second-order valence-corrected chi connectivity index (χ2v) is 7.04. The Morgan fingerprint density at radius 2 is 2.00 bits per heavy atom. The number of aromatic amines is 1. The molecule has 0 aliphatic carbocycles. The predicted octanol–water partition coefficient (Wildman–Crippen LogP) is 5.36. The number of thiophene rings is 1. The Hall–Kier alpha value is -2.73. The van der Waals surface area contributed by atoms with Crippen LogP contribution in [0, 0.1) is 12.7 Å². The van der Waals surface area contributed by atoms with E-state index in [1.165, 1.54) is 16.3 Å². The molecule has 0 bridgehead atoms. The van der Waals surface area contributed by atoms with Crippen LogP contribution in [-0.4, -0.2) is 15.0 Å². The van der Waals surface area contributed by atoms with Crippen LogP contribution in [-0.2, 0) is 6.42 Å². The molecule has 4 aromatic rings. The van der Waals surface area contributed by atoms with E-state index in [4.69, 9.17) is 5.73 Å². The summed E-state index contributed by atoms with van der Waals surface area (Å²) in [5, 5.41) is 0. The normalized spacial score (nSPS) is 10.6. The van der Waals surface area contributed by atoms with Crippen LogP contribution < -0.4 is 5.73 Å². The molecule has 0 atom stereocenters. The van der Waals surface area contributed by atoms with Gasteiger partial charge in [-0.3, -0.25) is 4.98 Å². The Morgan fingerprint density at radius 1 is 1.15 bits per heavy atom. The lowest BCUT2D eigenvalue weighted by Crippen LogP contribution is -1.87. The zero-order valence-electron chi connectivity index (χ0n) is 14.8. The van der Waals surface area contributed by atoms with E-state index in [-0.39, 0.29) is 5.82 Å². The topological polar surface area (TPSA) is 67.6 Å². The number of aromatic nitrogens is 3. The van der Waals surface area contributed by atoms with Gasteiger partial charge < -0.3 is 10.7 Å². The number of anilines is 1. The van der Waals surface area contributed by atoms with E-state index in [2.05, 4.69) is 34.0 Å². The lowest BCUT2D eigenvalue weighted by Gasteiger charge is -1.98. The van der Waals surface area contributed by atoms with Crippen molar-refractivity contribution in [3.8, 4) is 10.7 Å². The molecule has 3 heterocycles. The van der Waals surface area contributed by atoms with Gasteiger partial charge >= 0.3 is 0 Å². The summed E-state index contributed by atoms with van der Waals surface area (Å²) in [4.78, 5) is 13.0. The molecular weight excluding hydrogens is 347 g/mol. The van der Waals surface area contributed by atoms with Crippen LogP contribution in [0.15, 0.2) is 48.9 Å². The molecule has 0 aliphatic rings. The number of hydrogen-bond acceptors (Lipinski definition) is 4. The van der Waals surface area contributed by atoms with Crippen LogP contribution >= 0.6 is 11.3 Å². The number of H-pyrrole nitrogens is 1. The molecule has 6 heteroatoms. The van der Waals surface area contributed by atoms with Crippen molar-refractivity contribution >= 4 is 27.2 Å². The van der Waals surface area contributed by atoms with E-state index >= 15 is 0 Å². The van der Waals surface area contributed by atoms with E-state index in [1.54, 1.807) is 36.6 Å². The van der Waals surface area contributed by atoms with Gasteiger partial charge in [-0.2, -0.15) is 0 Å². The number of rotatable bonds is 3. The summed E-state index contributed by atoms with van der Waals surface area (Å²) in [5.41, 5.74) is 8.85. The van der Waals surface area contributed by atoms with Crippen molar-refractivity contribution in [2.75, 3.05) is 5.73 Å². The van der Waals surface area contributed by atoms with Crippen LogP contribution in [0.25, 0.3) is 20.9 Å². The first-order chi connectivity index (χ1) is 12.6. The van der Waals surface area contributed by atoms with Gasteiger partial charge in [-0.25, -0.2) is 9.37 Å². The van der Waals surface area contributed by atoms with Crippen molar-refractivity contribution < 1.29 is 4.39 Å². The minimum absolute atomic E-state index is 0.241. The predicted molar refractivity (Wildman–Crippen MR) is 107 cm³/mol. The lowest BCUT2D eigenvalue weighted by molar-refractivity contribution is 0.619. The molecule has 134 valence electrons. The third kappa shape index (κ3) is 4.08. The first-order valence-corrected chi connectivity index (χ1v) is 9.29. The highest BCUT2D eigenvalue weighted by Gasteiger charge is 2.09. The summed E-state index contributed by atoms with van der Waals surface area (Å²) < 4.78 is 13.8. The highest BCUT2D eigenvalue weighted by Crippen LogP contribution is 2.33. The molecule has 0 aliphatic heterocycles. The average molecular weight is 368 g/mol. The first kappa shape index (κ1) is 18.1. The molecule has 0 unspecified atom stereocenters. The molecule has 0 amide bonds. The smallest absolute Gasteiger partial charge is 0.147 e. The maximum Gasteiger partial charge on any atom is 0.147 e. The largest absolute Gasteiger partial charge is 0.399 e. The highest BCUT2D eigenvalue weighted by atomic mass is 32.1. The Morgan fingerprint density at radius 3 is 2.65 bits per heavy atom. The fraction of sp³-hybridized carbons (Fsp3) is 0.200. The number of aryl methyl sites for hydroxylation is 2. The quantitative estimate of drug-likeness (QED) is 0.479. The van der Waals surface area contributed by atoms with Crippen molar-refractivity contribution in [2.24, 2.45) is 0 Å². The van der Waals surface area contributed by atoms with E-state index in [0.29, 0.717) is 11.3 Å². The molecule has 0 saturated carbocycles. The number of pyridine rings is 1. The Labute approximate surface area is 155 Å². The molecule has 3 aromatic heterocycles. The summed E-state index contributed by atoms with van der Waals surface area (Å²) >= 11 is 1.77. The molecule has 1 aromatic carbocycles. The van der Waals surface area contributed by atoms with Crippen LogP contribution in [0.2, 0.25) is 0 Å². The number of fused-ring (bicyclic) bond motifs is 1. The molecule has 3 N–H and O–H groups in total. The standard InChI is InChI=1S/C13H13N3S.C7H8FN/c1-2-3-9-4-5-14-10-8-11(17-12(9)10)13-15-6-7-16-13;1-5-2-3-6(9)4-7(5)8/h4-8H,2-3H2,1H3,(H,15,16);2-4H,9H2,1H3. The lowest BCUT2D eigenvalue weighted by atomic mass is 10.1. The van der Waals surface area contributed by atoms with E-state index in [9.17, 15) is 4.39 Å². The van der Waals surface area contributed by atoms with Gasteiger partial charge in [0.15, 0.2) is 0 Å². The van der Waals surface area contributed by atoms with Crippen molar-refractivity contribution in [1.82, 2.24) is 15.0 Å². The van der Waals surface area contributed by atoms with E-state index < -0.39 is 0 Å². The van der Waals surface area contributed by atoms with E-state index in [0.717, 1.165) is 29.1 Å². The van der Waals surface area contributed by atoms with Crippen LogP contribution in [0.5, 0.6) is 0 Å². The number of nitrogens with zero attached hydrogens (tertiary/aromatic N) is 2. The number of hydrogen-bond donors (Lipinski definition) is 2. The summed E-state index contributed by atoms with van der Waals surface area (Å²) in [6.07, 6.45) is 7.79. The Balaban J connectivity index is 0.000000185. The van der Waals surface area contributed by atoms with Crippen LogP contribution in [0.1, 0.15) is 24.5 Å². The molecule has 4 rings (SSSR count). The van der Waals surface area contributed by atoms with Gasteiger partial charge in [-0.1, -0.05) is 19.4 Å². The fourth-order valence-electron chi connectivity index (χ4n) is 2.58. The summed E-state index contributed by atoms with van der Waals surface area (Å²) in [6.45, 7) is 3.90. The number of benzene rings is 1. The summed E-state index contributed by atoms with van der Waals surface area (Å²) in [6, 6.07) is 8.88. The fourth-order valence-corrected chi connectivity index (χ4v) is 3.70. The molecular formula is C20H21FN4S. The van der Waals surface area contributed by atoms with Crippen LogP contribution in [0.4, 0.5) is 10.1 Å². The number of nitrogen functional groups attached to an aromatic ring is 1. The van der Waals surface area contributed by atoms with Crippen molar-refractivity contribution in [2.45, 2.75) is 26.7 Å². The van der Waals surface area contributed by atoms with Gasteiger partial charge in [0.25, 0.3) is 0 Å². The zero-order valence-corrected chi connectivity index (χ0v) is 15.6. The number of imidazole rings is 1. The zero-order chi connectivity index (χ0) is 18.5. The summed E-state index contributed by atoms with van der Waals surface area (Å²) in [7, 11) is 0. The number of nitrogens with one attached hydrogen (secondary N) is 1. The Bertz CT molecular complexity index is 992. The average Bonchev–Trinajstić information content (AvgIpc) is 3.29. The highest BCUT2D eigenvalue weighted by molar-refractivity contribution is 7.22. The van der Waals surface area contributed by atoms with Gasteiger partial charge in [0.1, 0.15) is 11.6 Å². The van der Waals surface area contributed by atoms with E-state index in [1.807, 2.05) is 12.4 Å². The minimum atomic E-state index is -0.241. The van der Waals surface area contributed by atoms with Crippen molar-refractivity contribution in [3.63, 3.8) is 0 Å². The third-order valence-corrected chi connectivity index (χ3v) is 5.15. The molecule has 4 nitrogen and oxygen atoms in total. The SMILES string of the molecule is CCCc1ccnc2cc(-c3ncc[nH]3)sc12.Cc1ccc(N)cc1F. The molecule has 0 saturated heterocycles. The van der Waals surface area contributed by atoms with Crippen molar-refractivity contribution in [1.29, 1.82) is 0 Å². The van der Waals surface area contributed by atoms with Gasteiger partial charge in [0, 0.05) is 24.3 Å². The van der Waals surface area contributed by atoms with Gasteiger partial charge in [-0.05, 0) is 48.7 Å². The van der Waals surface area contributed by atoms with Gasteiger partial charge in [-0.15, -0.1) is 11.3 Å².